The molecule has 1 amide bonds. The van der Waals surface area contributed by atoms with E-state index in [0.717, 1.165) is 5.69 Å². The number of carbonyl (C=O) groups is 1. The Hall–Kier alpha value is -1.40. The summed E-state index contributed by atoms with van der Waals surface area (Å²) in [6.45, 7) is 3.64. The number of rotatable bonds is 8. The van der Waals surface area contributed by atoms with Gasteiger partial charge in [-0.05, 0) is 38.8 Å². The molecule has 0 aromatic heterocycles. The zero-order chi connectivity index (χ0) is 15.0. The highest BCUT2D eigenvalue weighted by molar-refractivity contribution is 7.90. The molecule has 0 saturated carbocycles. The van der Waals surface area contributed by atoms with Crippen molar-refractivity contribution in [3.05, 3.63) is 30.3 Å². The van der Waals surface area contributed by atoms with Gasteiger partial charge in [0.15, 0.2) is 0 Å². The number of nitrogens with one attached hydrogen (secondary N) is 2. The number of sulfonamides is 1. The summed E-state index contributed by atoms with van der Waals surface area (Å²) >= 11 is 0. The molecular formula is C14H22N2O3S. The average Bonchev–Trinajstić information content (AvgIpc) is 2.39. The van der Waals surface area contributed by atoms with Crippen LogP contribution in [-0.4, -0.2) is 26.1 Å². The smallest absolute Gasteiger partial charge is 0.224 e. The van der Waals surface area contributed by atoms with Gasteiger partial charge in [-0.3, -0.25) is 4.79 Å². The van der Waals surface area contributed by atoms with Gasteiger partial charge in [0.25, 0.3) is 0 Å². The van der Waals surface area contributed by atoms with Crippen molar-refractivity contribution < 1.29 is 13.2 Å². The van der Waals surface area contributed by atoms with Crippen LogP contribution < -0.4 is 10.0 Å². The fourth-order valence-electron chi connectivity index (χ4n) is 1.54. The van der Waals surface area contributed by atoms with Gasteiger partial charge in [0, 0.05) is 18.7 Å². The molecule has 0 aliphatic rings. The lowest BCUT2D eigenvalue weighted by Gasteiger charge is -2.09. The molecule has 0 bridgehead atoms. The quantitative estimate of drug-likeness (QED) is 0.722. The number of amides is 1. The van der Waals surface area contributed by atoms with E-state index >= 15 is 0 Å². The van der Waals surface area contributed by atoms with Crippen molar-refractivity contribution in [1.29, 1.82) is 0 Å². The number of hydrogen-bond donors (Lipinski definition) is 2. The second-order valence-electron chi connectivity index (χ2n) is 4.86. The maximum Gasteiger partial charge on any atom is 0.224 e. The maximum absolute atomic E-state index is 11.6. The van der Waals surface area contributed by atoms with E-state index in [9.17, 15) is 13.2 Å². The van der Waals surface area contributed by atoms with Gasteiger partial charge in [0.1, 0.15) is 0 Å². The van der Waals surface area contributed by atoms with Gasteiger partial charge in [0.05, 0.1) is 5.25 Å². The molecule has 20 heavy (non-hydrogen) atoms. The number of para-hydroxylation sites is 1. The number of anilines is 1. The monoisotopic (exact) mass is 298 g/mol. The molecular weight excluding hydrogens is 276 g/mol. The van der Waals surface area contributed by atoms with E-state index in [-0.39, 0.29) is 5.91 Å². The summed E-state index contributed by atoms with van der Waals surface area (Å²) < 4.78 is 25.5. The molecule has 0 radical (unpaired) electrons. The lowest BCUT2D eigenvalue weighted by Crippen LogP contribution is -2.31. The zero-order valence-corrected chi connectivity index (χ0v) is 12.7. The van der Waals surface area contributed by atoms with E-state index in [4.69, 9.17) is 0 Å². The Kier molecular flexibility index (Phi) is 6.67. The number of unbranched alkanes of at least 4 members (excludes halogenated alkanes) is 1. The highest BCUT2D eigenvalue weighted by Gasteiger charge is 2.14. The van der Waals surface area contributed by atoms with Crippen LogP contribution >= 0.6 is 0 Å². The summed E-state index contributed by atoms with van der Waals surface area (Å²) in [7, 11) is -3.20. The van der Waals surface area contributed by atoms with Gasteiger partial charge < -0.3 is 5.32 Å². The zero-order valence-electron chi connectivity index (χ0n) is 11.9. The molecule has 0 spiro atoms. The van der Waals surface area contributed by atoms with Gasteiger partial charge in [-0.2, -0.15) is 0 Å². The summed E-state index contributed by atoms with van der Waals surface area (Å²) in [6, 6.07) is 9.26. The first kappa shape index (κ1) is 16.7. The molecule has 5 nitrogen and oxygen atoms in total. The number of benzene rings is 1. The summed E-state index contributed by atoms with van der Waals surface area (Å²) in [4.78, 5) is 11.6. The summed E-state index contributed by atoms with van der Waals surface area (Å²) in [5.74, 6) is -0.0529. The molecule has 1 rings (SSSR count). The molecule has 0 aliphatic heterocycles. The highest BCUT2D eigenvalue weighted by Crippen LogP contribution is 2.06. The normalized spacial score (nSPS) is 11.6. The standard InChI is InChI=1S/C14H22N2O3S/c1-12(2)20(18,19)15-11-7-6-10-14(17)16-13-8-4-3-5-9-13/h3-5,8-9,12,15H,6-7,10-11H2,1-2H3,(H,16,17). The molecule has 0 fully saturated rings. The first-order chi connectivity index (χ1) is 9.42. The Morgan fingerprint density at radius 1 is 1.15 bits per heavy atom. The van der Waals surface area contributed by atoms with Crippen molar-refractivity contribution in [3.8, 4) is 0 Å². The topological polar surface area (TPSA) is 75.3 Å². The van der Waals surface area contributed by atoms with Crippen molar-refractivity contribution in [1.82, 2.24) is 4.72 Å². The van der Waals surface area contributed by atoms with E-state index < -0.39 is 15.3 Å². The van der Waals surface area contributed by atoms with Crippen molar-refractivity contribution in [3.63, 3.8) is 0 Å². The third kappa shape index (κ3) is 6.16. The number of hydrogen-bond acceptors (Lipinski definition) is 3. The Balaban J connectivity index is 2.17. The van der Waals surface area contributed by atoms with E-state index in [1.54, 1.807) is 13.8 Å². The van der Waals surface area contributed by atoms with Gasteiger partial charge in [-0.1, -0.05) is 18.2 Å². The number of carbonyl (C=O) groups excluding carboxylic acids is 1. The fraction of sp³-hybridized carbons (Fsp3) is 0.500. The summed E-state index contributed by atoms with van der Waals surface area (Å²) in [5.41, 5.74) is 0.776. The lowest BCUT2D eigenvalue weighted by molar-refractivity contribution is -0.116. The predicted octanol–water partition coefficient (Wildman–Crippen LogP) is 2.12. The minimum absolute atomic E-state index is 0.0529. The first-order valence-electron chi connectivity index (χ1n) is 6.75. The van der Waals surface area contributed by atoms with Crippen molar-refractivity contribution in [2.75, 3.05) is 11.9 Å². The van der Waals surface area contributed by atoms with Gasteiger partial charge >= 0.3 is 0 Å². The van der Waals surface area contributed by atoms with Crippen LogP contribution in [0.4, 0.5) is 5.69 Å². The molecule has 2 N–H and O–H groups in total. The second kappa shape index (κ2) is 8.01. The summed E-state index contributed by atoms with van der Waals surface area (Å²) in [6.07, 6.45) is 1.69. The second-order valence-corrected chi connectivity index (χ2v) is 7.18. The SMILES string of the molecule is CC(C)S(=O)(=O)NCCCCC(=O)Nc1ccccc1. The fourth-order valence-corrected chi connectivity index (χ4v) is 2.30. The van der Waals surface area contributed by atoms with E-state index in [1.807, 2.05) is 30.3 Å². The Morgan fingerprint density at radius 2 is 1.80 bits per heavy atom. The van der Waals surface area contributed by atoms with Gasteiger partial charge in [-0.15, -0.1) is 0 Å². The molecule has 1 aromatic carbocycles. The van der Waals surface area contributed by atoms with Crippen LogP contribution in [0.5, 0.6) is 0 Å². The van der Waals surface area contributed by atoms with Crippen LogP contribution in [0.25, 0.3) is 0 Å². The maximum atomic E-state index is 11.6. The van der Waals surface area contributed by atoms with E-state index in [1.165, 1.54) is 0 Å². The van der Waals surface area contributed by atoms with Crippen molar-refractivity contribution in [2.24, 2.45) is 0 Å². The van der Waals surface area contributed by atoms with Crippen LogP contribution in [0.1, 0.15) is 33.1 Å². The minimum Gasteiger partial charge on any atom is -0.326 e. The Labute approximate surface area is 120 Å². The lowest BCUT2D eigenvalue weighted by atomic mass is 10.2. The highest BCUT2D eigenvalue weighted by atomic mass is 32.2. The molecule has 112 valence electrons. The van der Waals surface area contributed by atoms with Crippen LogP contribution in [0.3, 0.4) is 0 Å². The Morgan fingerprint density at radius 3 is 2.40 bits per heavy atom. The van der Waals surface area contributed by atoms with Crippen molar-refractivity contribution in [2.45, 2.75) is 38.4 Å². The van der Waals surface area contributed by atoms with Crippen LogP contribution in [0.2, 0.25) is 0 Å². The molecule has 0 saturated heterocycles. The minimum atomic E-state index is -3.20. The van der Waals surface area contributed by atoms with Crippen LogP contribution in [0, 0.1) is 0 Å². The predicted molar refractivity (Wildman–Crippen MR) is 81.0 cm³/mol. The summed E-state index contributed by atoms with van der Waals surface area (Å²) in [5, 5.41) is 2.36. The largest absolute Gasteiger partial charge is 0.326 e. The molecule has 0 heterocycles. The molecule has 6 heteroatoms. The molecule has 1 aromatic rings. The molecule has 0 atom stereocenters. The van der Waals surface area contributed by atoms with E-state index in [0.29, 0.717) is 25.8 Å². The van der Waals surface area contributed by atoms with Crippen LogP contribution in [-0.2, 0) is 14.8 Å². The van der Waals surface area contributed by atoms with Gasteiger partial charge in [0.2, 0.25) is 15.9 Å². The van der Waals surface area contributed by atoms with Crippen LogP contribution in [0.15, 0.2) is 30.3 Å². The van der Waals surface area contributed by atoms with Gasteiger partial charge in [-0.25, -0.2) is 13.1 Å². The third-order valence-corrected chi connectivity index (χ3v) is 4.66. The Bertz CT molecular complexity index is 512. The average molecular weight is 298 g/mol. The third-order valence-electron chi connectivity index (χ3n) is 2.81. The van der Waals surface area contributed by atoms with E-state index in [2.05, 4.69) is 10.0 Å². The van der Waals surface area contributed by atoms with Crippen molar-refractivity contribution >= 4 is 21.6 Å². The molecule has 0 unspecified atom stereocenters. The first-order valence-corrected chi connectivity index (χ1v) is 8.30. The molecule has 0 aliphatic carbocycles.